The fourth-order valence-corrected chi connectivity index (χ4v) is 4.09. The Kier molecular flexibility index (Phi) is 3.87. The molecule has 0 amide bonds. The van der Waals surface area contributed by atoms with Gasteiger partial charge in [0.1, 0.15) is 0 Å². The van der Waals surface area contributed by atoms with Crippen molar-refractivity contribution in [3.63, 3.8) is 0 Å². The topological polar surface area (TPSA) is 29.0 Å². The maximum atomic E-state index is 4.51. The van der Waals surface area contributed by atoms with E-state index >= 15 is 0 Å². The number of likely N-dealkylation sites (tertiary alicyclic amines) is 1. The van der Waals surface area contributed by atoms with Gasteiger partial charge in [0.05, 0.1) is 10.5 Å². The SMILES string of the molecule is c1cnc2ccc(CN3CCCC(c4nccs4)C3)cc2c1. The minimum absolute atomic E-state index is 0.607. The Morgan fingerprint density at radius 2 is 2.18 bits per heavy atom. The Hall–Kier alpha value is -1.78. The molecule has 1 atom stereocenters. The van der Waals surface area contributed by atoms with Gasteiger partial charge in [-0.25, -0.2) is 4.98 Å². The van der Waals surface area contributed by atoms with E-state index in [1.807, 2.05) is 18.5 Å². The molecule has 1 unspecified atom stereocenters. The van der Waals surface area contributed by atoms with Crippen molar-refractivity contribution in [2.45, 2.75) is 25.3 Å². The summed E-state index contributed by atoms with van der Waals surface area (Å²) in [5.41, 5.74) is 2.45. The molecule has 0 aliphatic carbocycles. The lowest BCUT2D eigenvalue weighted by Crippen LogP contribution is -2.33. The quantitative estimate of drug-likeness (QED) is 0.730. The summed E-state index contributed by atoms with van der Waals surface area (Å²) in [4.78, 5) is 11.5. The van der Waals surface area contributed by atoms with Gasteiger partial charge in [0.15, 0.2) is 0 Å². The predicted octanol–water partition coefficient (Wildman–Crippen LogP) is 4.07. The van der Waals surface area contributed by atoms with Crippen molar-refractivity contribution in [2.24, 2.45) is 0 Å². The number of benzene rings is 1. The molecule has 112 valence electrons. The Balaban J connectivity index is 1.49. The standard InChI is InChI=1S/C18H19N3S/c1-3-15-11-14(5-6-17(15)19-7-1)12-21-9-2-4-16(13-21)18-20-8-10-22-18/h1,3,5-8,10-11,16H,2,4,9,12-13H2. The highest BCUT2D eigenvalue weighted by Crippen LogP contribution is 2.29. The van der Waals surface area contributed by atoms with Crippen LogP contribution in [0, 0.1) is 0 Å². The third-order valence-corrected chi connectivity index (χ3v) is 5.32. The summed E-state index contributed by atoms with van der Waals surface area (Å²) in [7, 11) is 0. The van der Waals surface area contributed by atoms with Crippen LogP contribution in [-0.4, -0.2) is 28.0 Å². The Morgan fingerprint density at radius 3 is 3.09 bits per heavy atom. The minimum Gasteiger partial charge on any atom is -0.298 e. The highest BCUT2D eigenvalue weighted by molar-refractivity contribution is 7.09. The highest BCUT2D eigenvalue weighted by Gasteiger charge is 2.23. The summed E-state index contributed by atoms with van der Waals surface area (Å²) < 4.78 is 0. The second-order valence-electron chi connectivity index (χ2n) is 5.98. The first kappa shape index (κ1) is 13.9. The smallest absolute Gasteiger partial charge is 0.0968 e. The number of pyridine rings is 1. The van der Waals surface area contributed by atoms with E-state index in [4.69, 9.17) is 0 Å². The van der Waals surface area contributed by atoms with Gasteiger partial charge >= 0.3 is 0 Å². The van der Waals surface area contributed by atoms with Gasteiger partial charge < -0.3 is 0 Å². The fourth-order valence-electron chi connectivity index (χ4n) is 3.32. The molecule has 4 rings (SSSR count). The van der Waals surface area contributed by atoms with Crippen molar-refractivity contribution in [1.29, 1.82) is 0 Å². The van der Waals surface area contributed by atoms with Crippen molar-refractivity contribution < 1.29 is 0 Å². The van der Waals surface area contributed by atoms with Gasteiger partial charge in [0, 0.05) is 42.2 Å². The van der Waals surface area contributed by atoms with Gasteiger partial charge in [0.2, 0.25) is 0 Å². The lowest BCUT2D eigenvalue weighted by Gasteiger charge is -2.31. The van der Waals surface area contributed by atoms with Crippen LogP contribution in [0.25, 0.3) is 10.9 Å². The molecule has 1 aliphatic heterocycles. The first-order valence-electron chi connectivity index (χ1n) is 7.84. The molecule has 0 bridgehead atoms. The lowest BCUT2D eigenvalue weighted by molar-refractivity contribution is 0.200. The number of nitrogens with zero attached hydrogens (tertiary/aromatic N) is 3. The van der Waals surface area contributed by atoms with E-state index < -0.39 is 0 Å². The number of hydrogen-bond donors (Lipinski definition) is 0. The third-order valence-electron chi connectivity index (χ3n) is 4.38. The fraction of sp³-hybridized carbons (Fsp3) is 0.333. The average Bonchev–Trinajstić information content (AvgIpc) is 3.10. The molecule has 2 aromatic heterocycles. The minimum atomic E-state index is 0.607. The van der Waals surface area contributed by atoms with Gasteiger partial charge in [-0.3, -0.25) is 9.88 Å². The first-order chi connectivity index (χ1) is 10.9. The second-order valence-corrected chi connectivity index (χ2v) is 6.90. The lowest BCUT2D eigenvalue weighted by atomic mass is 9.98. The van der Waals surface area contributed by atoms with Crippen LogP contribution in [0.1, 0.15) is 29.3 Å². The van der Waals surface area contributed by atoms with Crippen molar-refractivity contribution in [1.82, 2.24) is 14.9 Å². The number of hydrogen-bond acceptors (Lipinski definition) is 4. The van der Waals surface area contributed by atoms with Crippen LogP contribution < -0.4 is 0 Å². The summed E-state index contributed by atoms with van der Waals surface area (Å²) in [5.74, 6) is 0.607. The van der Waals surface area contributed by atoms with Gasteiger partial charge in [-0.2, -0.15) is 0 Å². The molecule has 0 N–H and O–H groups in total. The summed E-state index contributed by atoms with van der Waals surface area (Å²) >= 11 is 1.79. The zero-order valence-corrected chi connectivity index (χ0v) is 13.3. The average molecular weight is 309 g/mol. The number of rotatable bonds is 3. The zero-order valence-electron chi connectivity index (χ0n) is 12.5. The molecular weight excluding hydrogens is 290 g/mol. The maximum absolute atomic E-state index is 4.51. The second kappa shape index (κ2) is 6.15. The van der Waals surface area contributed by atoms with Gasteiger partial charge in [-0.1, -0.05) is 12.1 Å². The zero-order chi connectivity index (χ0) is 14.8. The van der Waals surface area contributed by atoms with Crippen LogP contribution >= 0.6 is 11.3 Å². The van der Waals surface area contributed by atoms with Crippen molar-refractivity contribution in [3.05, 3.63) is 58.7 Å². The van der Waals surface area contributed by atoms with Crippen LogP contribution in [0.3, 0.4) is 0 Å². The van der Waals surface area contributed by atoms with E-state index in [0.717, 1.165) is 18.6 Å². The van der Waals surface area contributed by atoms with Crippen LogP contribution in [0.2, 0.25) is 0 Å². The summed E-state index contributed by atoms with van der Waals surface area (Å²) in [6.45, 7) is 3.33. The largest absolute Gasteiger partial charge is 0.298 e. The van der Waals surface area contributed by atoms with E-state index in [1.54, 1.807) is 11.3 Å². The number of fused-ring (bicyclic) bond motifs is 1. The molecule has 1 saturated heterocycles. The van der Waals surface area contributed by atoms with Crippen LogP contribution in [0.5, 0.6) is 0 Å². The normalized spacial score (nSPS) is 19.5. The van der Waals surface area contributed by atoms with Gasteiger partial charge in [0.25, 0.3) is 0 Å². The Labute approximate surface area is 134 Å². The van der Waals surface area contributed by atoms with E-state index in [2.05, 4.69) is 44.5 Å². The highest BCUT2D eigenvalue weighted by atomic mass is 32.1. The predicted molar refractivity (Wildman–Crippen MR) is 91.1 cm³/mol. The molecular formula is C18H19N3S. The van der Waals surface area contributed by atoms with E-state index in [0.29, 0.717) is 5.92 Å². The molecule has 3 nitrogen and oxygen atoms in total. The Morgan fingerprint density at radius 1 is 1.18 bits per heavy atom. The monoisotopic (exact) mass is 309 g/mol. The molecule has 1 fully saturated rings. The molecule has 22 heavy (non-hydrogen) atoms. The van der Waals surface area contributed by atoms with Crippen LogP contribution in [0.4, 0.5) is 0 Å². The van der Waals surface area contributed by atoms with E-state index in [1.165, 1.54) is 35.3 Å². The van der Waals surface area contributed by atoms with Gasteiger partial charge in [-0.05, 0) is 43.1 Å². The number of piperidine rings is 1. The van der Waals surface area contributed by atoms with E-state index in [9.17, 15) is 0 Å². The maximum Gasteiger partial charge on any atom is 0.0968 e. The molecule has 1 aromatic carbocycles. The van der Waals surface area contributed by atoms with Crippen LogP contribution in [0.15, 0.2) is 48.1 Å². The summed E-state index contributed by atoms with van der Waals surface area (Å²) in [6.07, 6.45) is 6.31. The van der Waals surface area contributed by atoms with E-state index in [-0.39, 0.29) is 0 Å². The van der Waals surface area contributed by atoms with Gasteiger partial charge in [-0.15, -0.1) is 11.3 Å². The molecule has 4 heteroatoms. The molecule has 3 aromatic rings. The first-order valence-corrected chi connectivity index (χ1v) is 8.72. The molecule has 0 spiro atoms. The molecule has 3 heterocycles. The molecule has 0 radical (unpaired) electrons. The Bertz CT molecular complexity index is 754. The number of aromatic nitrogens is 2. The summed E-state index contributed by atoms with van der Waals surface area (Å²) in [6, 6.07) is 10.8. The van der Waals surface area contributed by atoms with Crippen molar-refractivity contribution >= 4 is 22.2 Å². The third kappa shape index (κ3) is 2.89. The van der Waals surface area contributed by atoms with Crippen LogP contribution in [-0.2, 0) is 6.54 Å². The summed E-state index contributed by atoms with van der Waals surface area (Å²) in [5, 5.41) is 4.62. The molecule has 0 saturated carbocycles. The van der Waals surface area contributed by atoms with Crippen molar-refractivity contribution in [2.75, 3.05) is 13.1 Å². The number of thiazole rings is 1. The molecule has 1 aliphatic rings. The van der Waals surface area contributed by atoms with Crippen molar-refractivity contribution in [3.8, 4) is 0 Å².